The van der Waals surface area contributed by atoms with Crippen LogP contribution in [0.15, 0.2) is 0 Å². The second kappa shape index (κ2) is 4.85. The molecule has 0 aromatic heterocycles. The van der Waals surface area contributed by atoms with Gasteiger partial charge in [-0.1, -0.05) is 0 Å². The molecular formula is C5H14NO4P. The smallest absolute Gasteiger partial charge is 0.290 e. The molecule has 0 fully saturated rings. The summed E-state index contributed by atoms with van der Waals surface area (Å²) in [7, 11) is 2.85. The first-order valence-electron chi connectivity index (χ1n) is 3.05. The summed E-state index contributed by atoms with van der Waals surface area (Å²) < 4.78 is 25.0. The largest absolute Gasteiger partial charge is 0.475 e. The fourth-order valence-electron chi connectivity index (χ4n) is 0.366. The van der Waals surface area contributed by atoms with Gasteiger partial charge in [-0.2, -0.15) is 0 Å². The highest BCUT2D eigenvalue weighted by molar-refractivity contribution is 7.48. The van der Waals surface area contributed by atoms with Crippen LogP contribution in [-0.4, -0.2) is 39.9 Å². The molecule has 0 rings (SSSR count). The highest BCUT2D eigenvalue weighted by Gasteiger charge is 2.22. The molecule has 68 valence electrons. The Morgan fingerprint density at radius 1 is 1.27 bits per heavy atom. The summed E-state index contributed by atoms with van der Waals surface area (Å²) in [6, 6.07) is 0. The molecule has 0 aliphatic carbocycles. The van der Waals surface area contributed by atoms with Gasteiger partial charge < -0.3 is 0 Å². The zero-order valence-corrected chi connectivity index (χ0v) is 8.13. The van der Waals surface area contributed by atoms with Crippen molar-refractivity contribution in [3.8, 4) is 0 Å². The highest BCUT2D eigenvalue weighted by atomic mass is 31.2. The number of nitrogens with zero attached hydrogens (tertiary/aromatic N) is 1. The summed E-state index contributed by atoms with van der Waals surface area (Å²) in [5, 5.41) is 0. The van der Waals surface area contributed by atoms with Gasteiger partial charge >= 0.3 is 7.82 Å². The van der Waals surface area contributed by atoms with Crippen LogP contribution in [0.2, 0.25) is 0 Å². The molecule has 0 N–H and O–H groups in total. The fourth-order valence-corrected chi connectivity index (χ4v) is 1.10. The molecule has 0 radical (unpaired) electrons. The molecule has 0 amide bonds. The molecule has 0 aromatic rings. The fraction of sp³-hybridized carbons (Fsp3) is 1.00. The SMILES string of the molecule is COP(=O)(OC)OCN(C)C. The number of phosphoric acid groups is 1. The van der Waals surface area contributed by atoms with Crippen molar-refractivity contribution in [3.63, 3.8) is 0 Å². The Hall–Kier alpha value is 0.0700. The van der Waals surface area contributed by atoms with Crippen LogP contribution < -0.4 is 0 Å². The minimum Gasteiger partial charge on any atom is -0.290 e. The Balaban J connectivity index is 3.79. The summed E-state index contributed by atoms with van der Waals surface area (Å²) in [6.45, 7) is 0.207. The molecule has 0 heterocycles. The monoisotopic (exact) mass is 183 g/mol. The molecule has 0 aliphatic rings. The van der Waals surface area contributed by atoms with Crippen molar-refractivity contribution in [3.05, 3.63) is 0 Å². The molecule has 0 aliphatic heterocycles. The van der Waals surface area contributed by atoms with E-state index in [0.717, 1.165) is 0 Å². The third-order valence-corrected chi connectivity index (χ3v) is 2.25. The highest BCUT2D eigenvalue weighted by Crippen LogP contribution is 2.47. The molecule has 0 saturated carbocycles. The quantitative estimate of drug-likeness (QED) is 0.468. The van der Waals surface area contributed by atoms with E-state index in [1.807, 2.05) is 0 Å². The number of hydrogen-bond acceptors (Lipinski definition) is 5. The van der Waals surface area contributed by atoms with Crippen LogP contribution in [0.25, 0.3) is 0 Å². The first-order valence-corrected chi connectivity index (χ1v) is 4.51. The molecule has 5 nitrogen and oxygen atoms in total. The Morgan fingerprint density at radius 2 is 1.73 bits per heavy atom. The molecule has 6 heteroatoms. The van der Waals surface area contributed by atoms with Crippen LogP contribution in [0.1, 0.15) is 0 Å². The Kier molecular flexibility index (Phi) is 4.88. The first kappa shape index (κ1) is 11.1. The van der Waals surface area contributed by atoms with Gasteiger partial charge in [-0.05, 0) is 14.1 Å². The van der Waals surface area contributed by atoms with E-state index in [-0.39, 0.29) is 6.73 Å². The van der Waals surface area contributed by atoms with E-state index in [1.54, 1.807) is 19.0 Å². The van der Waals surface area contributed by atoms with Crippen molar-refractivity contribution in [2.24, 2.45) is 0 Å². The number of hydrogen-bond donors (Lipinski definition) is 0. The van der Waals surface area contributed by atoms with E-state index in [4.69, 9.17) is 4.52 Å². The normalized spacial score (nSPS) is 12.5. The van der Waals surface area contributed by atoms with Gasteiger partial charge in [0.25, 0.3) is 0 Å². The van der Waals surface area contributed by atoms with E-state index in [9.17, 15) is 4.57 Å². The van der Waals surface area contributed by atoms with Crippen LogP contribution in [0.5, 0.6) is 0 Å². The molecular weight excluding hydrogens is 169 g/mol. The molecule has 0 saturated heterocycles. The summed E-state index contributed by atoms with van der Waals surface area (Å²) >= 11 is 0. The Bertz CT molecular complexity index is 141. The summed E-state index contributed by atoms with van der Waals surface area (Å²) in [5.41, 5.74) is 0. The third kappa shape index (κ3) is 4.50. The Labute approximate surface area is 66.8 Å². The molecule has 11 heavy (non-hydrogen) atoms. The van der Waals surface area contributed by atoms with Crippen molar-refractivity contribution in [1.82, 2.24) is 4.90 Å². The van der Waals surface area contributed by atoms with E-state index < -0.39 is 7.82 Å². The van der Waals surface area contributed by atoms with Crippen molar-refractivity contribution in [2.45, 2.75) is 0 Å². The number of phosphoric ester groups is 1. The van der Waals surface area contributed by atoms with Gasteiger partial charge in [-0.3, -0.25) is 18.5 Å². The van der Waals surface area contributed by atoms with Crippen LogP contribution >= 0.6 is 7.82 Å². The average Bonchev–Trinajstić information content (AvgIpc) is 2.00. The molecule has 0 spiro atoms. The van der Waals surface area contributed by atoms with Gasteiger partial charge in [0.1, 0.15) is 6.73 Å². The lowest BCUT2D eigenvalue weighted by Gasteiger charge is -2.15. The molecule has 0 aromatic carbocycles. The number of rotatable bonds is 5. The van der Waals surface area contributed by atoms with Crippen LogP contribution in [0, 0.1) is 0 Å². The van der Waals surface area contributed by atoms with Crippen molar-refractivity contribution in [1.29, 1.82) is 0 Å². The van der Waals surface area contributed by atoms with Crippen LogP contribution in [0.3, 0.4) is 0 Å². The standard InChI is InChI=1S/C5H14NO4P/c1-6(2)5-10-11(7,8-3)9-4/h5H2,1-4H3. The maximum atomic E-state index is 11.2. The van der Waals surface area contributed by atoms with Crippen molar-refractivity contribution < 1.29 is 18.1 Å². The molecule has 0 unspecified atom stereocenters. The lowest BCUT2D eigenvalue weighted by Crippen LogP contribution is -2.15. The predicted molar refractivity (Wildman–Crippen MR) is 41.3 cm³/mol. The molecule has 0 atom stereocenters. The van der Waals surface area contributed by atoms with Gasteiger partial charge in [0.2, 0.25) is 0 Å². The lowest BCUT2D eigenvalue weighted by molar-refractivity contribution is 0.102. The van der Waals surface area contributed by atoms with Gasteiger partial charge in [-0.15, -0.1) is 0 Å². The third-order valence-electron chi connectivity index (χ3n) is 0.921. The summed E-state index contributed by atoms with van der Waals surface area (Å²) in [6.07, 6.45) is 0. The van der Waals surface area contributed by atoms with E-state index in [0.29, 0.717) is 0 Å². The maximum absolute atomic E-state index is 11.2. The van der Waals surface area contributed by atoms with E-state index in [2.05, 4.69) is 9.05 Å². The summed E-state index contributed by atoms with van der Waals surface area (Å²) in [5.74, 6) is 0. The van der Waals surface area contributed by atoms with Gasteiger partial charge in [-0.25, -0.2) is 4.57 Å². The van der Waals surface area contributed by atoms with E-state index in [1.165, 1.54) is 14.2 Å². The minimum atomic E-state index is -3.28. The van der Waals surface area contributed by atoms with Crippen LogP contribution in [-0.2, 0) is 18.1 Å². The van der Waals surface area contributed by atoms with Gasteiger partial charge in [0, 0.05) is 14.2 Å². The second-order valence-corrected chi connectivity index (χ2v) is 4.03. The predicted octanol–water partition coefficient (Wildman–Crippen LogP) is 0.923. The second-order valence-electron chi connectivity index (χ2n) is 2.15. The maximum Gasteiger partial charge on any atom is 0.475 e. The van der Waals surface area contributed by atoms with E-state index >= 15 is 0 Å². The first-order chi connectivity index (χ1) is 5.04. The van der Waals surface area contributed by atoms with Gasteiger partial charge in [0.15, 0.2) is 0 Å². The average molecular weight is 183 g/mol. The van der Waals surface area contributed by atoms with Crippen molar-refractivity contribution >= 4 is 7.82 Å². The van der Waals surface area contributed by atoms with Crippen LogP contribution in [0.4, 0.5) is 0 Å². The topological polar surface area (TPSA) is 48.0 Å². The zero-order chi connectivity index (χ0) is 8.91. The van der Waals surface area contributed by atoms with Gasteiger partial charge in [0.05, 0.1) is 0 Å². The zero-order valence-electron chi connectivity index (χ0n) is 7.23. The summed E-state index contributed by atoms with van der Waals surface area (Å²) in [4.78, 5) is 1.71. The Morgan fingerprint density at radius 3 is 2.00 bits per heavy atom. The molecule has 0 bridgehead atoms. The van der Waals surface area contributed by atoms with Crippen molar-refractivity contribution in [2.75, 3.05) is 35.0 Å². The lowest BCUT2D eigenvalue weighted by atomic mass is 11.0. The minimum absolute atomic E-state index is 0.207.